The Morgan fingerprint density at radius 1 is 0.938 bits per heavy atom. The van der Waals surface area contributed by atoms with E-state index >= 15 is 0 Å². The number of benzene rings is 1. The third kappa shape index (κ3) is 4.56. The lowest BCUT2D eigenvalue weighted by molar-refractivity contribution is -0.121. The van der Waals surface area contributed by atoms with E-state index in [4.69, 9.17) is 0 Å². The monoisotopic (exact) mass is 440 g/mol. The van der Waals surface area contributed by atoms with Crippen molar-refractivity contribution in [1.29, 1.82) is 0 Å². The van der Waals surface area contributed by atoms with Gasteiger partial charge in [0.15, 0.2) is 0 Å². The topological polar surface area (TPSA) is 85.0 Å². The zero-order chi connectivity index (χ0) is 23.7. The number of nitrogens with one attached hydrogen (secondary N) is 1. The lowest BCUT2D eigenvalue weighted by Gasteiger charge is -2.23. The molecule has 0 fully saturated rings. The number of hydrogen-bond acceptors (Lipinski definition) is 4. The molecule has 2 atom stereocenters. The Labute approximate surface area is 187 Å². The van der Waals surface area contributed by atoms with Crippen LogP contribution in [0.4, 0.5) is 15.8 Å². The highest BCUT2D eigenvalue weighted by molar-refractivity contribution is 5.97. The molecule has 9 heteroatoms. The summed E-state index contributed by atoms with van der Waals surface area (Å²) in [5, 5.41) is 11.4. The van der Waals surface area contributed by atoms with Crippen molar-refractivity contribution < 1.29 is 14.0 Å². The predicted molar refractivity (Wildman–Crippen MR) is 121 cm³/mol. The molecule has 0 aliphatic rings. The van der Waals surface area contributed by atoms with Gasteiger partial charge in [-0.25, -0.2) is 4.39 Å². The largest absolute Gasteiger partial charge is 0.324 e. The first-order chi connectivity index (χ1) is 15.0. The molecule has 2 unspecified atom stereocenters. The number of hydrogen-bond donors (Lipinski definition) is 1. The number of aromatic nitrogens is 4. The quantitative estimate of drug-likeness (QED) is 0.630. The highest BCUT2D eigenvalue weighted by atomic mass is 19.1. The van der Waals surface area contributed by atoms with Crippen LogP contribution in [-0.2, 0) is 9.59 Å². The number of carbonyl (C=O) groups excluding carboxylic acids is 2. The predicted octanol–water partition coefficient (Wildman–Crippen LogP) is 3.88. The lowest BCUT2D eigenvalue weighted by Crippen LogP contribution is -2.34. The highest BCUT2D eigenvalue weighted by Crippen LogP contribution is 2.25. The van der Waals surface area contributed by atoms with Gasteiger partial charge in [-0.3, -0.25) is 19.0 Å². The van der Waals surface area contributed by atoms with Crippen molar-refractivity contribution >= 4 is 23.2 Å². The number of amides is 2. The summed E-state index contributed by atoms with van der Waals surface area (Å²) in [6.45, 7) is 10.9. The van der Waals surface area contributed by atoms with Crippen LogP contribution in [0.3, 0.4) is 0 Å². The van der Waals surface area contributed by atoms with Crippen LogP contribution in [0.25, 0.3) is 0 Å². The Bertz CT molecular complexity index is 1170. The Balaban J connectivity index is 1.74. The number of rotatable bonds is 6. The molecule has 3 aromatic rings. The van der Waals surface area contributed by atoms with Gasteiger partial charge in [-0.15, -0.1) is 0 Å². The molecule has 0 saturated heterocycles. The summed E-state index contributed by atoms with van der Waals surface area (Å²) in [6.07, 6.45) is 0. The zero-order valence-electron chi connectivity index (χ0n) is 19.5. The molecule has 0 aliphatic heterocycles. The third-order valence-electron chi connectivity index (χ3n) is 5.47. The number of carbonyl (C=O) groups is 2. The summed E-state index contributed by atoms with van der Waals surface area (Å²) < 4.78 is 18.1. The number of aryl methyl sites for hydroxylation is 4. The molecule has 1 aromatic carbocycles. The van der Waals surface area contributed by atoms with E-state index in [2.05, 4.69) is 15.5 Å². The first kappa shape index (κ1) is 23.2. The first-order valence-corrected chi connectivity index (χ1v) is 10.4. The lowest BCUT2D eigenvalue weighted by atomic mass is 10.2. The fourth-order valence-electron chi connectivity index (χ4n) is 3.79. The van der Waals surface area contributed by atoms with E-state index in [0.717, 1.165) is 22.8 Å². The summed E-state index contributed by atoms with van der Waals surface area (Å²) in [5.74, 6) is -1.23. The van der Waals surface area contributed by atoms with Gasteiger partial charge >= 0.3 is 0 Å². The molecule has 32 heavy (non-hydrogen) atoms. The van der Waals surface area contributed by atoms with E-state index in [9.17, 15) is 14.0 Å². The second-order valence-corrected chi connectivity index (χ2v) is 8.15. The highest BCUT2D eigenvalue weighted by Gasteiger charge is 2.25. The van der Waals surface area contributed by atoms with E-state index < -0.39 is 17.9 Å². The van der Waals surface area contributed by atoms with Crippen LogP contribution in [-0.4, -0.2) is 38.4 Å². The molecule has 170 valence electrons. The van der Waals surface area contributed by atoms with Gasteiger partial charge in [-0.05, 0) is 71.9 Å². The molecule has 3 rings (SSSR count). The van der Waals surface area contributed by atoms with Crippen molar-refractivity contribution in [2.24, 2.45) is 0 Å². The van der Waals surface area contributed by atoms with Crippen molar-refractivity contribution in [3.8, 4) is 0 Å². The number of halogens is 1. The van der Waals surface area contributed by atoms with Gasteiger partial charge in [0.05, 0.1) is 17.1 Å². The molecule has 0 aliphatic carbocycles. The minimum Gasteiger partial charge on any atom is -0.324 e. The Hall–Kier alpha value is -3.49. The SMILES string of the molecule is Cc1cc(C)n(C(C)C(=O)Nc2ccc(N(C)C(=O)C(C)n3nc(C)cc3C)c(F)c2)n1. The Morgan fingerprint density at radius 3 is 1.94 bits per heavy atom. The normalized spacial score (nSPS) is 13.0. The van der Waals surface area contributed by atoms with Gasteiger partial charge in [0.2, 0.25) is 5.91 Å². The second-order valence-electron chi connectivity index (χ2n) is 8.15. The smallest absolute Gasteiger partial charge is 0.251 e. The minimum absolute atomic E-state index is 0.118. The molecule has 2 heterocycles. The van der Waals surface area contributed by atoms with Crippen LogP contribution in [0.15, 0.2) is 30.3 Å². The van der Waals surface area contributed by atoms with Crippen molar-refractivity contribution in [3.63, 3.8) is 0 Å². The maximum atomic E-state index is 14.9. The third-order valence-corrected chi connectivity index (χ3v) is 5.47. The molecule has 8 nitrogen and oxygen atoms in total. The molecule has 0 radical (unpaired) electrons. The van der Waals surface area contributed by atoms with Crippen molar-refractivity contribution in [2.75, 3.05) is 17.3 Å². The average molecular weight is 441 g/mol. The molecule has 0 bridgehead atoms. The van der Waals surface area contributed by atoms with E-state index in [1.165, 1.54) is 24.1 Å². The number of likely N-dealkylation sites (N-methyl/N-ethyl adjacent to an activating group) is 1. The van der Waals surface area contributed by atoms with Crippen molar-refractivity contribution in [3.05, 3.63) is 58.9 Å². The van der Waals surface area contributed by atoms with Gasteiger partial charge in [0.25, 0.3) is 5.91 Å². The van der Waals surface area contributed by atoms with Crippen LogP contribution in [0, 0.1) is 33.5 Å². The maximum absolute atomic E-state index is 14.9. The molecule has 1 N–H and O–H groups in total. The molecule has 0 saturated carbocycles. The fraction of sp³-hybridized carbons (Fsp3) is 0.391. The van der Waals surface area contributed by atoms with Crippen molar-refractivity contribution in [1.82, 2.24) is 19.6 Å². The van der Waals surface area contributed by atoms with Crippen LogP contribution in [0.2, 0.25) is 0 Å². The van der Waals surface area contributed by atoms with Crippen molar-refractivity contribution in [2.45, 2.75) is 53.6 Å². The van der Waals surface area contributed by atoms with Crippen LogP contribution < -0.4 is 10.2 Å². The van der Waals surface area contributed by atoms with Gasteiger partial charge in [-0.2, -0.15) is 10.2 Å². The standard InChI is InChI=1S/C23H29FN6O2/c1-13-10-15(3)29(26-13)17(5)22(31)25-19-8-9-21(20(24)12-19)28(7)23(32)18(6)30-16(4)11-14(2)27-30/h8-12,17-18H,1-7H3,(H,25,31). The molecule has 0 spiro atoms. The van der Waals surface area contributed by atoms with Gasteiger partial charge in [0, 0.05) is 24.1 Å². The van der Waals surface area contributed by atoms with Gasteiger partial charge < -0.3 is 10.2 Å². The summed E-state index contributed by atoms with van der Waals surface area (Å²) >= 11 is 0. The summed E-state index contributed by atoms with van der Waals surface area (Å²) in [6, 6.07) is 6.88. The molecular weight excluding hydrogens is 411 g/mol. The Kier molecular flexibility index (Phi) is 6.47. The minimum atomic E-state index is -0.613. The maximum Gasteiger partial charge on any atom is 0.251 e. The Morgan fingerprint density at radius 2 is 1.47 bits per heavy atom. The van der Waals surface area contributed by atoms with Gasteiger partial charge in [0.1, 0.15) is 17.9 Å². The zero-order valence-corrected chi connectivity index (χ0v) is 19.5. The summed E-state index contributed by atoms with van der Waals surface area (Å²) in [7, 11) is 1.52. The van der Waals surface area contributed by atoms with E-state index in [-0.39, 0.29) is 17.5 Å². The average Bonchev–Trinajstić information content (AvgIpc) is 3.25. The van der Waals surface area contributed by atoms with Crippen LogP contribution >= 0.6 is 0 Å². The van der Waals surface area contributed by atoms with E-state index in [1.807, 2.05) is 39.8 Å². The summed E-state index contributed by atoms with van der Waals surface area (Å²) in [4.78, 5) is 26.8. The van der Waals surface area contributed by atoms with Crippen LogP contribution in [0.5, 0.6) is 0 Å². The number of nitrogens with zero attached hydrogens (tertiary/aromatic N) is 5. The second kappa shape index (κ2) is 8.94. The van der Waals surface area contributed by atoms with E-state index in [1.54, 1.807) is 29.3 Å². The van der Waals surface area contributed by atoms with Crippen LogP contribution in [0.1, 0.15) is 48.7 Å². The van der Waals surface area contributed by atoms with Gasteiger partial charge in [-0.1, -0.05) is 0 Å². The molecule has 2 aromatic heterocycles. The number of anilines is 2. The van der Waals surface area contributed by atoms with E-state index in [0.29, 0.717) is 5.69 Å². The molecular formula is C23H29FN6O2. The fourth-order valence-corrected chi connectivity index (χ4v) is 3.79. The summed E-state index contributed by atoms with van der Waals surface area (Å²) in [5.41, 5.74) is 3.77. The molecule has 2 amide bonds. The first-order valence-electron chi connectivity index (χ1n) is 10.4.